The van der Waals surface area contributed by atoms with Crippen molar-refractivity contribution in [1.29, 1.82) is 0 Å². The molecule has 0 spiro atoms. The van der Waals surface area contributed by atoms with Gasteiger partial charge in [0.15, 0.2) is 5.58 Å². The monoisotopic (exact) mass is 327 g/mol. The molecule has 0 aliphatic rings. The largest absolute Gasteiger partial charge is 0.454 e. The van der Waals surface area contributed by atoms with Gasteiger partial charge in [-0.2, -0.15) is 0 Å². The fourth-order valence-corrected chi connectivity index (χ4v) is 3.55. The molecule has 2 heteroatoms. The Balaban J connectivity index is 1.85. The Labute approximate surface area is 148 Å². The van der Waals surface area contributed by atoms with E-state index >= 15 is 0 Å². The van der Waals surface area contributed by atoms with E-state index in [-0.39, 0.29) is 0 Å². The van der Waals surface area contributed by atoms with E-state index in [2.05, 4.69) is 81.2 Å². The van der Waals surface area contributed by atoms with Crippen molar-refractivity contribution < 1.29 is 4.42 Å². The summed E-state index contributed by atoms with van der Waals surface area (Å²) in [7, 11) is 0. The van der Waals surface area contributed by atoms with E-state index in [1.807, 2.05) is 6.20 Å². The molecule has 0 radical (unpaired) electrons. The lowest BCUT2D eigenvalue weighted by atomic mass is 10.0. The highest BCUT2D eigenvalue weighted by Crippen LogP contribution is 2.33. The van der Waals surface area contributed by atoms with Crippen molar-refractivity contribution in [3.63, 3.8) is 0 Å². The van der Waals surface area contributed by atoms with Gasteiger partial charge in [-0.1, -0.05) is 35.4 Å². The van der Waals surface area contributed by atoms with Crippen molar-refractivity contribution in [1.82, 2.24) is 4.98 Å². The number of benzene rings is 2. The Morgan fingerprint density at radius 3 is 2.16 bits per heavy atom. The molecule has 0 saturated carbocycles. The molecule has 0 unspecified atom stereocenters. The molecule has 124 valence electrons. The number of hydrogen-bond acceptors (Lipinski definition) is 2. The van der Waals surface area contributed by atoms with Crippen LogP contribution in [0.3, 0.4) is 0 Å². The third-order valence-electron chi connectivity index (χ3n) is 4.65. The number of fused-ring (bicyclic) bond motifs is 1. The standard InChI is InChI=1S/C23H21NO/c1-14-8-15(2)10-18(9-14)20-11-19-12-21(25-22(19)13-24-20)23-16(3)6-5-7-17(23)4/h5-13H,1-4H3. The highest BCUT2D eigenvalue weighted by molar-refractivity contribution is 5.86. The number of rotatable bonds is 2. The van der Waals surface area contributed by atoms with Gasteiger partial charge in [0.25, 0.3) is 0 Å². The second kappa shape index (κ2) is 5.89. The second-order valence-electron chi connectivity index (χ2n) is 6.86. The Hall–Kier alpha value is -2.87. The van der Waals surface area contributed by atoms with Crippen LogP contribution < -0.4 is 0 Å². The zero-order valence-electron chi connectivity index (χ0n) is 15.1. The molecule has 0 saturated heterocycles. The van der Waals surface area contributed by atoms with E-state index in [1.165, 1.54) is 27.8 Å². The number of furan rings is 1. The predicted molar refractivity (Wildman–Crippen MR) is 104 cm³/mol. The van der Waals surface area contributed by atoms with Gasteiger partial charge in [-0.3, -0.25) is 4.98 Å². The van der Waals surface area contributed by atoms with Crippen LogP contribution in [-0.4, -0.2) is 4.98 Å². The van der Waals surface area contributed by atoms with Gasteiger partial charge < -0.3 is 4.42 Å². The van der Waals surface area contributed by atoms with Gasteiger partial charge in [0, 0.05) is 16.5 Å². The summed E-state index contributed by atoms with van der Waals surface area (Å²) in [5.74, 6) is 0.907. The van der Waals surface area contributed by atoms with Crippen LogP contribution in [0.1, 0.15) is 22.3 Å². The van der Waals surface area contributed by atoms with Gasteiger partial charge in [-0.05, 0) is 63.1 Å². The summed E-state index contributed by atoms with van der Waals surface area (Å²) in [4.78, 5) is 4.62. The fraction of sp³-hybridized carbons (Fsp3) is 0.174. The van der Waals surface area contributed by atoms with Crippen LogP contribution in [0.5, 0.6) is 0 Å². The maximum absolute atomic E-state index is 6.09. The molecule has 2 nitrogen and oxygen atoms in total. The lowest BCUT2D eigenvalue weighted by molar-refractivity contribution is 0.629. The minimum Gasteiger partial charge on any atom is -0.454 e. The summed E-state index contributed by atoms with van der Waals surface area (Å²) in [5, 5.41) is 1.09. The molecule has 0 N–H and O–H groups in total. The first-order valence-electron chi connectivity index (χ1n) is 8.56. The van der Waals surface area contributed by atoms with Gasteiger partial charge in [0.2, 0.25) is 0 Å². The van der Waals surface area contributed by atoms with Crippen LogP contribution >= 0.6 is 0 Å². The first-order valence-corrected chi connectivity index (χ1v) is 8.56. The van der Waals surface area contributed by atoms with Crippen molar-refractivity contribution in [2.24, 2.45) is 0 Å². The normalized spacial score (nSPS) is 11.2. The summed E-state index contributed by atoms with van der Waals surface area (Å²) < 4.78 is 6.09. The smallest absolute Gasteiger partial charge is 0.153 e. The highest BCUT2D eigenvalue weighted by Gasteiger charge is 2.12. The van der Waals surface area contributed by atoms with E-state index in [0.29, 0.717) is 0 Å². The Kier molecular flexibility index (Phi) is 3.69. The van der Waals surface area contributed by atoms with Crippen LogP contribution in [0.25, 0.3) is 33.6 Å². The van der Waals surface area contributed by atoms with Crippen molar-refractivity contribution in [2.45, 2.75) is 27.7 Å². The third-order valence-corrected chi connectivity index (χ3v) is 4.65. The SMILES string of the molecule is Cc1cc(C)cc(-c2cc3cc(-c4c(C)cccc4C)oc3cn2)c1. The number of pyridine rings is 1. The number of hydrogen-bond donors (Lipinski definition) is 0. The van der Waals surface area contributed by atoms with Crippen LogP contribution in [-0.2, 0) is 0 Å². The molecule has 0 aliphatic heterocycles. The molecule has 25 heavy (non-hydrogen) atoms. The minimum atomic E-state index is 0.825. The lowest BCUT2D eigenvalue weighted by Gasteiger charge is -2.05. The first-order chi connectivity index (χ1) is 12.0. The summed E-state index contributed by atoms with van der Waals surface area (Å²) in [6, 6.07) is 17.1. The second-order valence-corrected chi connectivity index (χ2v) is 6.86. The van der Waals surface area contributed by atoms with E-state index in [0.717, 1.165) is 28.0 Å². The molecule has 0 atom stereocenters. The molecule has 4 rings (SSSR count). The zero-order chi connectivity index (χ0) is 17.6. The molecule has 4 aromatic rings. The first kappa shape index (κ1) is 15.6. The summed E-state index contributed by atoms with van der Waals surface area (Å²) in [6.45, 7) is 8.47. The zero-order valence-corrected chi connectivity index (χ0v) is 15.1. The number of aromatic nitrogens is 1. The highest BCUT2D eigenvalue weighted by atomic mass is 16.3. The minimum absolute atomic E-state index is 0.825. The summed E-state index contributed by atoms with van der Waals surface area (Å²) >= 11 is 0. The van der Waals surface area contributed by atoms with Gasteiger partial charge in [-0.25, -0.2) is 0 Å². The molecule has 0 amide bonds. The molecule has 0 fully saturated rings. The topological polar surface area (TPSA) is 26.0 Å². The quantitative estimate of drug-likeness (QED) is 0.426. The van der Waals surface area contributed by atoms with Gasteiger partial charge in [0.1, 0.15) is 5.76 Å². The molecular weight excluding hydrogens is 306 g/mol. The van der Waals surface area contributed by atoms with Gasteiger partial charge in [-0.15, -0.1) is 0 Å². The van der Waals surface area contributed by atoms with E-state index in [9.17, 15) is 0 Å². The summed E-state index contributed by atoms with van der Waals surface area (Å²) in [5.41, 5.74) is 9.07. The lowest BCUT2D eigenvalue weighted by Crippen LogP contribution is -1.85. The maximum atomic E-state index is 6.09. The Morgan fingerprint density at radius 1 is 0.800 bits per heavy atom. The summed E-state index contributed by atoms with van der Waals surface area (Å²) in [6.07, 6.45) is 1.83. The van der Waals surface area contributed by atoms with Crippen molar-refractivity contribution >= 4 is 11.0 Å². The Bertz CT molecular complexity index is 1050. The van der Waals surface area contributed by atoms with Gasteiger partial charge >= 0.3 is 0 Å². The van der Waals surface area contributed by atoms with Crippen molar-refractivity contribution in [2.75, 3.05) is 0 Å². The van der Waals surface area contributed by atoms with Gasteiger partial charge in [0.05, 0.1) is 11.9 Å². The van der Waals surface area contributed by atoms with Crippen LogP contribution in [0.2, 0.25) is 0 Å². The average molecular weight is 327 g/mol. The van der Waals surface area contributed by atoms with E-state index < -0.39 is 0 Å². The molecule has 0 aliphatic carbocycles. The molecule has 0 bridgehead atoms. The van der Waals surface area contributed by atoms with Crippen LogP contribution in [0.4, 0.5) is 0 Å². The molecule has 2 aromatic carbocycles. The van der Waals surface area contributed by atoms with E-state index in [4.69, 9.17) is 4.42 Å². The van der Waals surface area contributed by atoms with Crippen molar-refractivity contribution in [3.05, 3.63) is 77.0 Å². The molecule has 2 heterocycles. The number of nitrogens with zero attached hydrogens (tertiary/aromatic N) is 1. The fourth-order valence-electron chi connectivity index (χ4n) is 3.55. The Morgan fingerprint density at radius 2 is 1.48 bits per heavy atom. The van der Waals surface area contributed by atoms with Crippen LogP contribution in [0, 0.1) is 27.7 Å². The predicted octanol–water partition coefficient (Wildman–Crippen LogP) is 6.40. The third kappa shape index (κ3) is 2.85. The van der Waals surface area contributed by atoms with Crippen LogP contribution in [0.15, 0.2) is 59.1 Å². The van der Waals surface area contributed by atoms with Crippen molar-refractivity contribution in [3.8, 4) is 22.6 Å². The molecule has 2 aromatic heterocycles. The maximum Gasteiger partial charge on any atom is 0.153 e. The average Bonchev–Trinajstić information content (AvgIpc) is 2.96. The number of aryl methyl sites for hydroxylation is 4. The van der Waals surface area contributed by atoms with E-state index in [1.54, 1.807) is 0 Å². The molecular formula is C23H21NO.